The molecule has 4 nitrogen and oxygen atoms in total. The fourth-order valence-electron chi connectivity index (χ4n) is 2.40. The first-order valence-corrected chi connectivity index (χ1v) is 7.38. The van der Waals surface area contributed by atoms with Crippen LogP contribution in [0.2, 0.25) is 5.02 Å². The lowest BCUT2D eigenvalue weighted by atomic mass is 10.2. The maximum atomic E-state index is 12.7. The number of fused-ring (bicyclic) bond motifs is 4. The normalized spacial score (nSPS) is 11.5. The molecule has 0 saturated carbocycles. The predicted molar refractivity (Wildman–Crippen MR) is 85.6 cm³/mol. The van der Waals surface area contributed by atoms with Gasteiger partial charge in [0.05, 0.1) is 21.8 Å². The zero-order valence-electron chi connectivity index (χ0n) is 10.5. The van der Waals surface area contributed by atoms with Crippen molar-refractivity contribution in [3.05, 3.63) is 67.4 Å². The Morgan fingerprint density at radius 3 is 2.71 bits per heavy atom. The minimum Gasteiger partial charge on any atom is -0.277 e. The molecule has 21 heavy (non-hydrogen) atoms. The quantitative estimate of drug-likeness (QED) is 0.370. The summed E-state index contributed by atoms with van der Waals surface area (Å²) in [6, 6.07) is 12.0. The largest absolute Gasteiger partial charge is 0.277 e. The van der Waals surface area contributed by atoms with E-state index in [1.807, 2.05) is 0 Å². The Kier molecular flexibility index (Phi) is 2.60. The lowest BCUT2D eigenvalue weighted by Crippen LogP contribution is -2.17. The van der Waals surface area contributed by atoms with Gasteiger partial charge in [0.2, 0.25) is 9.70 Å². The van der Waals surface area contributed by atoms with Crippen LogP contribution in [-0.4, -0.2) is 9.38 Å². The second kappa shape index (κ2) is 4.38. The molecular weight excluding hydrogens is 308 g/mol. The molecule has 2 aromatic carbocycles. The van der Waals surface area contributed by atoms with Crippen LogP contribution in [0, 0.1) is 0 Å². The van der Waals surface area contributed by atoms with Gasteiger partial charge in [-0.25, -0.2) is 4.98 Å². The lowest BCUT2D eigenvalue weighted by Gasteiger charge is -2.06. The number of hydrogen-bond acceptors (Lipinski definition) is 4. The van der Waals surface area contributed by atoms with Crippen LogP contribution >= 0.6 is 22.9 Å². The fourth-order valence-corrected chi connectivity index (χ4v) is 3.43. The van der Waals surface area contributed by atoms with Gasteiger partial charge >= 0.3 is 0 Å². The SMILES string of the molecule is O=c1sc2nc3ccc(Cl)cc3c(=O)n2c2ccccc12. The highest BCUT2D eigenvalue weighted by Crippen LogP contribution is 2.19. The van der Waals surface area contributed by atoms with E-state index in [2.05, 4.69) is 4.98 Å². The second-order valence-corrected chi connectivity index (χ2v) is 5.98. The molecule has 0 N–H and O–H groups in total. The van der Waals surface area contributed by atoms with E-state index in [1.165, 1.54) is 4.40 Å². The van der Waals surface area contributed by atoms with Crippen LogP contribution in [0.1, 0.15) is 0 Å². The highest BCUT2D eigenvalue weighted by atomic mass is 35.5. The Labute approximate surface area is 126 Å². The molecule has 0 atom stereocenters. The van der Waals surface area contributed by atoms with Crippen molar-refractivity contribution in [2.45, 2.75) is 0 Å². The summed E-state index contributed by atoms with van der Waals surface area (Å²) in [5, 5.41) is 1.44. The summed E-state index contributed by atoms with van der Waals surface area (Å²) in [4.78, 5) is 29.7. The molecule has 0 unspecified atom stereocenters. The van der Waals surface area contributed by atoms with Gasteiger partial charge in [0.25, 0.3) is 5.56 Å². The topological polar surface area (TPSA) is 51.4 Å². The summed E-state index contributed by atoms with van der Waals surface area (Å²) >= 11 is 6.93. The third-order valence-corrected chi connectivity index (χ3v) is 4.45. The molecule has 6 heteroatoms. The molecule has 0 bridgehead atoms. The molecule has 0 spiro atoms. The third kappa shape index (κ3) is 1.78. The molecule has 0 fully saturated rings. The van der Waals surface area contributed by atoms with Gasteiger partial charge in [-0.15, -0.1) is 0 Å². The van der Waals surface area contributed by atoms with Crippen molar-refractivity contribution in [3.63, 3.8) is 0 Å². The number of para-hydroxylation sites is 1. The standard InChI is InChI=1S/C15H7ClN2O2S/c16-8-5-6-11-10(7-8)13(19)18-12-4-2-1-3-9(12)14(20)21-15(18)17-11/h1-7H. The minimum atomic E-state index is -0.218. The maximum Gasteiger partial charge on any atom is 0.266 e. The van der Waals surface area contributed by atoms with Crippen molar-refractivity contribution >= 4 is 49.7 Å². The van der Waals surface area contributed by atoms with Crippen LogP contribution in [-0.2, 0) is 0 Å². The van der Waals surface area contributed by atoms with Gasteiger partial charge in [-0.1, -0.05) is 35.1 Å². The van der Waals surface area contributed by atoms with Crippen molar-refractivity contribution in [1.82, 2.24) is 9.38 Å². The minimum absolute atomic E-state index is 0.106. The summed E-state index contributed by atoms with van der Waals surface area (Å²) in [7, 11) is 0. The Hall–Kier alpha value is -2.24. The highest BCUT2D eigenvalue weighted by molar-refractivity contribution is 7.15. The van der Waals surface area contributed by atoms with Crippen LogP contribution < -0.4 is 10.3 Å². The average molecular weight is 315 g/mol. The van der Waals surface area contributed by atoms with Gasteiger partial charge in [0, 0.05) is 5.02 Å². The Balaban J connectivity index is 2.39. The fraction of sp³-hybridized carbons (Fsp3) is 0. The maximum absolute atomic E-state index is 12.7. The number of hydrogen-bond donors (Lipinski definition) is 0. The molecule has 0 amide bonds. The van der Waals surface area contributed by atoms with Crippen LogP contribution in [0.5, 0.6) is 0 Å². The van der Waals surface area contributed by atoms with E-state index in [0.717, 1.165) is 11.3 Å². The van der Waals surface area contributed by atoms with Gasteiger partial charge in [0.15, 0.2) is 0 Å². The highest BCUT2D eigenvalue weighted by Gasteiger charge is 2.11. The van der Waals surface area contributed by atoms with E-state index >= 15 is 0 Å². The third-order valence-electron chi connectivity index (χ3n) is 3.35. The van der Waals surface area contributed by atoms with Crippen molar-refractivity contribution in [2.24, 2.45) is 0 Å². The predicted octanol–water partition coefficient (Wildman–Crippen LogP) is 3.08. The molecule has 4 aromatic rings. The molecule has 4 rings (SSSR count). The Morgan fingerprint density at radius 1 is 1.05 bits per heavy atom. The molecule has 0 aliphatic rings. The number of nitrogens with zero attached hydrogens (tertiary/aromatic N) is 2. The number of halogens is 1. The first-order chi connectivity index (χ1) is 10.1. The molecule has 2 aromatic heterocycles. The van der Waals surface area contributed by atoms with Crippen LogP contribution in [0.15, 0.2) is 52.1 Å². The van der Waals surface area contributed by atoms with E-state index in [-0.39, 0.29) is 10.3 Å². The van der Waals surface area contributed by atoms with Gasteiger partial charge < -0.3 is 0 Å². The number of rotatable bonds is 0. The first kappa shape index (κ1) is 12.5. The Bertz CT molecular complexity index is 1150. The van der Waals surface area contributed by atoms with Crippen LogP contribution in [0.3, 0.4) is 0 Å². The van der Waals surface area contributed by atoms with Gasteiger partial charge in [0.1, 0.15) is 0 Å². The van der Waals surface area contributed by atoms with E-state index in [4.69, 9.17) is 11.6 Å². The zero-order valence-corrected chi connectivity index (χ0v) is 12.1. The van der Waals surface area contributed by atoms with Crippen molar-refractivity contribution in [3.8, 4) is 0 Å². The van der Waals surface area contributed by atoms with Gasteiger partial charge in [-0.2, -0.15) is 0 Å². The molecule has 0 radical (unpaired) electrons. The molecule has 0 aliphatic carbocycles. The van der Waals surface area contributed by atoms with E-state index in [9.17, 15) is 9.59 Å². The average Bonchev–Trinajstić information content (AvgIpc) is 2.48. The second-order valence-electron chi connectivity index (χ2n) is 4.60. The number of aromatic nitrogens is 2. The molecule has 0 aliphatic heterocycles. The molecule has 0 saturated heterocycles. The van der Waals surface area contributed by atoms with E-state index < -0.39 is 0 Å². The Morgan fingerprint density at radius 2 is 1.86 bits per heavy atom. The summed E-state index contributed by atoms with van der Waals surface area (Å²) < 4.78 is 1.37. The smallest absolute Gasteiger partial charge is 0.266 e. The van der Waals surface area contributed by atoms with Gasteiger partial charge in [-0.05, 0) is 30.3 Å². The van der Waals surface area contributed by atoms with Crippen LogP contribution in [0.25, 0.3) is 26.8 Å². The first-order valence-electron chi connectivity index (χ1n) is 6.19. The monoisotopic (exact) mass is 314 g/mol. The summed E-state index contributed by atoms with van der Waals surface area (Å²) in [5.41, 5.74) is 0.885. The lowest BCUT2D eigenvalue weighted by molar-refractivity contribution is 1.15. The molecule has 102 valence electrons. The van der Waals surface area contributed by atoms with Crippen molar-refractivity contribution < 1.29 is 0 Å². The summed E-state index contributed by atoms with van der Waals surface area (Å²) in [5.74, 6) is 0. The molecular formula is C15H7ClN2O2S. The summed E-state index contributed by atoms with van der Waals surface area (Å²) in [6.07, 6.45) is 0. The van der Waals surface area contributed by atoms with Crippen molar-refractivity contribution in [2.75, 3.05) is 0 Å². The van der Waals surface area contributed by atoms with E-state index in [0.29, 0.717) is 31.8 Å². The van der Waals surface area contributed by atoms with Gasteiger partial charge in [-0.3, -0.25) is 14.0 Å². The summed E-state index contributed by atoms with van der Waals surface area (Å²) in [6.45, 7) is 0. The molecule has 2 heterocycles. The zero-order chi connectivity index (χ0) is 14.6. The number of benzene rings is 2. The van der Waals surface area contributed by atoms with Crippen LogP contribution in [0.4, 0.5) is 0 Å². The van der Waals surface area contributed by atoms with Crippen molar-refractivity contribution in [1.29, 1.82) is 0 Å². The van der Waals surface area contributed by atoms with E-state index in [1.54, 1.807) is 42.5 Å².